The van der Waals surface area contributed by atoms with Gasteiger partial charge in [-0.25, -0.2) is 22.9 Å². The van der Waals surface area contributed by atoms with Crippen LogP contribution in [0.1, 0.15) is 0 Å². The molecule has 0 atom stereocenters. The summed E-state index contributed by atoms with van der Waals surface area (Å²) in [5, 5.41) is 0. The van der Waals surface area contributed by atoms with Gasteiger partial charge in [0.05, 0.1) is 0 Å². The standard InChI is InChI=1S/4CH3.2BCl.2Sn.2H/c;;;;2*1-2;;;;/h4*1H3;;;;;;. The molecular weight excluding hydrogens is 378 g/mol. The van der Waals surface area contributed by atoms with E-state index >= 15 is 0 Å². The molecular formula is C4H14B2Cl2Sn2. The summed E-state index contributed by atoms with van der Waals surface area (Å²) in [6.07, 6.45) is 0. The number of rotatable bonds is 0. The van der Waals surface area contributed by atoms with Gasteiger partial charge < -0.3 is 0 Å². The fraction of sp³-hybridized carbons (Fsp3) is 1.00. The monoisotopic (exact) mass is 394 g/mol. The second kappa shape index (κ2) is 64.8. The summed E-state index contributed by atoms with van der Waals surface area (Å²) in [5.74, 6) is 0. The molecule has 0 spiro atoms. The van der Waals surface area contributed by atoms with Crippen LogP contribution in [0.5, 0.6) is 0 Å². The van der Waals surface area contributed by atoms with E-state index in [0.717, 1.165) is 0 Å². The molecule has 0 aliphatic heterocycles. The molecule has 0 aromatic carbocycles. The van der Waals surface area contributed by atoms with E-state index < -0.39 is 0 Å². The molecule has 0 unspecified atom stereocenters. The van der Waals surface area contributed by atoms with E-state index in [1.54, 1.807) is 0 Å². The van der Waals surface area contributed by atoms with Crippen LogP contribution in [0.25, 0.3) is 0 Å². The Morgan fingerprint density at radius 3 is 0.700 bits per heavy atom. The quantitative estimate of drug-likeness (QED) is 0.551. The van der Waals surface area contributed by atoms with Crippen LogP contribution in [-0.2, 0) is 0 Å². The molecule has 0 amide bonds. The van der Waals surface area contributed by atoms with Crippen LogP contribution in [0.15, 0.2) is 0 Å². The average Bonchev–Trinajstić information content (AvgIpc) is 1.99. The predicted molar refractivity (Wildman–Crippen MR) is 61.0 cm³/mol. The first kappa shape index (κ1) is 22.8. The SMILES string of the molecule is [B]Cl.[B]Cl.[CH3][SnH][CH3].[CH3][SnH][CH3]. The molecule has 6 heteroatoms. The van der Waals surface area contributed by atoms with Crippen molar-refractivity contribution in [2.24, 2.45) is 0 Å². The minimum absolute atomic E-state index is 0.110. The molecule has 0 heterocycles. The molecule has 0 aliphatic rings. The molecule has 6 radical (unpaired) electrons. The maximum absolute atomic E-state index is 4.14. The van der Waals surface area contributed by atoms with Gasteiger partial charge in [-0.15, -0.1) is 0 Å². The van der Waals surface area contributed by atoms with Gasteiger partial charge in [0.25, 0.3) is 0 Å². The van der Waals surface area contributed by atoms with Crippen LogP contribution < -0.4 is 0 Å². The van der Waals surface area contributed by atoms with E-state index in [0.29, 0.717) is 0 Å². The molecule has 0 fully saturated rings. The third kappa shape index (κ3) is 168. The van der Waals surface area contributed by atoms with Crippen LogP contribution in [0.3, 0.4) is 0 Å². The zero-order valence-electron chi connectivity index (χ0n) is 7.07. The average molecular weight is 392 g/mol. The van der Waals surface area contributed by atoms with E-state index in [4.69, 9.17) is 0 Å². The van der Waals surface area contributed by atoms with Gasteiger partial charge in [0.1, 0.15) is 0 Å². The van der Waals surface area contributed by atoms with Gasteiger partial charge in [-0.05, 0) is 0 Å². The van der Waals surface area contributed by atoms with Crippen molar-refractivity contribution < 1.29 is 0 Å². The van der Waals surface area contributed by atoms with E-state index in [-0.39, 0.29) is 42.3 Å². The second-order valence-corrected chi connectivity index (χ2v) is 7.75. The Hall–Kier alpha value is 2.31. The first-order chi connectivity index (χ1) is 4.83. The normalized spacial score (nSPS) is 4.60. The molecule has 0 rings (SSSR count). The summed E-state index contributed by atoms with van der Waals surface area (Å²) in [6.45, 7) is 0. The Kier molecular flexibility index (Phi) is 148. The summed E-state index contributed by atoms with van der Waals surface area (Å²) in [5.41, 5.74) is 0. The summed E-state index contributed by atoms with van der Waals surface area (Å²) in [7, 11) is 7.94. The van der Waals surface area contributed by atoms with E-state index in [1.807, 2.05) is 0 Å². The number of hydrogen-bond acceptors (Lipinski definition) is 0. The molecule has 0 saturated carbocycles. The van der Waals surface area contributed by atoms with Gasteiger partial charge in [0.2, 0.25) is 14.5 Å². The summed E-state index contributed by atoms with van der Waals surface area (Å²) < 4.78 is 0. The zero-order valence-corrected chi connectivity index (χ0v) is 15.2. The number of hydrogen-bond donors (Lipinski definition) is 0. The Morgan fingerprint density at radius 2 is 0.700 bits per heavy atom. The van der Waals surface area contributed by atoms with Crippen molar-refractivity contribution in [1.82, 2.24) is 0 Å². The molecule has 0 bridgehead atoms. The molecule has 0 aromatic heterocycles. The van der Waals surface area contributed by atoms with Crippen molar-refractivity contribution in [3.8, 4) is 0 Å². The molecule has 58 valence electrons. The topological polar surface area (TPSA) is 0 Å². The van der Waals surface area contributed by atoms with Crippen LogP contribution >= 0.6 is 22.9 Å². The van der Waals surface area contributed by atoms with E-state index in [9.17, 15) is 0 Å². The third-order valence-electron chi connectivity index (χ3n) is 0. The van der Waals surface area contributed by atoms with E-state index in [2.05, 4.69) is 57.2 Å². The van der Waals surface area contributed by atoms with Gasteiger partial charge in [-0.1, -0.05) is 0 Å². The summed E-state index contributed by atoms with van der Waals surface area (Å²) >= 11 is 8.50. The van der Waals surface area contributed by atoms with Crippen molar-refractivity contribution >= 4 is 79.7 Å². The van der Waals surface area contributed by atoms with Gasteiger partial charge in [-0.2, -0.15) is 0 Å². The summed E-state index contributed by atoms with van der Waals surface area (Å²) in [6, 6.07) is 0. The first-order valence-electron chi connectivity index (χ1n) is 2.75. The Morgan fingerprint density at radius 1 is 0.700 bits per heavy atom. The fourth-order valence-electron chi connectivity index (χ4n) is 0. The van der Waals surface area contributed by atoms with Gasteiger partial charge in [-0.3, -0.25) is 0 Å². The number of halogens is 2. The zero-order chi connectivity index (χ0) is 9.41. The molecule has 0 nitrogen and oxygen atoms in total. The molecule has 0 aromatic rings. The van der Waals surface area contributed by atoms with Gasteiger partial charge >= 0.3 is 62.0 Å². The second-order valence-electron chi connectivity index (χ2n) is 1.15. The van der Waals surface area contributed by atoms with E-state index in [1.165, 1.54) is 0 Å². The van der Waals surface area contributed by atoms with Crippen LogP contribution in [0.4, 0.5) is 0 Å². The van der Waals surface area contributed by atoms with Gasteiger partial charge in [0.15, 0.2) is 0 Å². The third-order valence-corrected chi connectivity index (χ3v) is 0. The minimum atomic E-state index is 0.110. The molecule has 0 aliphatic carbocycles. The molecule has 0 N–H and O–H groups in total. The Labute approximate surface area is 98.3 Å². The fourth-order valence-corrected chi connectivity index (χ4v) is 0. The first-order valence-corrected chi connectivity index (χ1v) is 16.8. The Balaban J connectivity index is -0.0000000246. The van der Waals surface area contributed by atoms with Crippen LogP contribution in [0, 0.1) is 0 Å². The summed E-state index contributed by atoms with van der Waals surface area (Å²) in [4.78, 5) is 9.26. The van der Waals surface area contributed by atoms with Crippen LogP contribution in [0.2, 0.25) is 19.8 Å². The van der Waals surface area contributed by atoms with Crippen molar-refractivity contribution in [2.75, 3.05) is 0 Å². The van der Waals surface area contributed by atoms with Crippen LogP contribution in [-0.4, -0.2) is 56.8 Å². The van der Waals surface area contributed by atoms with Gasteiger partial charge in [0, 0.05) is 0 Å². The molecule has 10 heavy (non-hydrogen) atoms. The predicted octanol–water partition coefficient (Wildman–Crippen LogP) is 1.66. The van der Waals surface area contributed by atoms with Crippen molar-refractivity contribution in [3.63, 3.8) is 0 Å². The van der Waals surface area contributed by atoms with Crippen molar-refractivity contribution in [1.29, 1.82) is 0 Å². The van der Waals surface area contributed by atoms with Crippen molar-refractivity contribution in [3.05, 3.63) is 0 Å². The maximum atomic E-state index is 4.14. The van der Waals surface area contributed by atoms with Crippen molar-refractivity contribution in [2.45, 2.75) is 19.8 Å². The Bertz CT molecular complexity index is 21.2. The molecule has 0 saturated heterocycles.